The number of carboxylic acids is 1. The third kappa shape index (κ3) is 2.82. The normalized spacial score (nSPS) is 11.9. The molecule has 0 saturated carbocycles. The largest absolute Gasteiger partial charge is 0.480 e. The Morgan fingerprint density at radius 2 is 2.26 bits per heavy atom. The lowest BCUT2D eigenvalue weighted by atomic mass is 10.2. The van der Waals surface area contributed by atoms with Gasteiger partial charge < -0.3 is 5.11 Å². The Hall–Kier alpha value is -1.34. The highest BCUT2D eigenvalue weighted by molar-refractivity contribution is 8.00. The van der Waals surface area contributed by atoms with Crippen molar-refractivity contribution < 1.29 is 9.90 Å². The molecule has 1 N–H and O–H groups in total. The van der Waals surface area contributed by atoms with E-state index in [1.807, 2.05) is 12.3 Å². The molecule has 0 atom stereocenters. The fraction of sp³-hybridized carbons (Fsp3) is 0.417. The minimum atomic E-state index is -0.891. The highest BCUT2D eigenvalue weighted by Crippen LogP contribution is 2.27. The van der Waals surface area contributed by atoms with Gasteiger partial charge in [-0.15, -0.1) is 23.1 Å². The first-order valence-corrected chi connectivity index (χ1v) is 7.52. The molecule has 2 aromatic heterocycles. The Morgan fingerprint density at radius 3 is 2.89 bits per heavy atom. The van der Waals surface area contributed by atoms with Crippen LogP contribution in [0.4, 0.5) is 0 Å². The number of fused-ring (bicyclic) bond motifs is 1. The van der Waals surface area contributed by atoms with Crippen LogP contribution >= 0.6 is 23.1 Å². The van der Waals surface area contributed by atoms with Crippen LogP contribution in [0.25, 0.3) is 4.96 Å². The molecule has 0 radical (unpaired) electrons. The first-order valence-electron chi connectivity index (χ1n) is 5.65. The van der Waals surface area contributed by atoms with Crippen LogP contribution < -0.4 is 5.56 Å². The number of aromatic nitrogens is 2. The van der Waals surface area contributed by atoms with Gasteiger partial charge in [-0.1, -0.05) is 0 Å². The van der Waals surface area contributed by atoms with Crippen molar-refractivity contribution in [2.75, 3.05) is 0 Å². The third-order valence-electron chi connectivity index (χ3n) is 2.72. The van der Waals surface area contributed by atoms with Crippen molar-refractivity contribution in [3.8, 4) is 0 Å². The average Bonchev–Trinajstić information content (AvgIpc) is 2.69. The van der Waals surface area contributed by atoms with Crippen molar-refractivity contribution >= 4 is 34.0 Å². The molecule has 0 fully saturated rings. The zero-order valence-corrected chi connectivity index (χ0v) is 12.5. The summed E-state index contributed by atoms with van der Waals surface area (Å²) in [6, 6.07) is 1.47. The first kappa shape index (κ1) is 14.1. The van der Waals surface area contributed by atoms with Gasteiger partial charge in [0.25, 0.3) is 5.56 Å². The number of thioether (sulfide) groups is 1. The van der Waals surface area contributed by atoms with Crippen molar-refractivity contribution in [3.63, 3.8) is 0 Å². The van der Waals surface area contributed by atoms with Crippen LogP contribution in [0.3, 0.4) is 0 Å². The van der Waals surface area contributed by atoms with E-state index in [4.69, 9.17) is 5.11 Å². The summed E-state index contributed by atoms with van der Waals surface area (Å²) in [5.41, 5.74) is 1.36. The van der Waals surface area contributed by atoms with Gasteiger partial charge in [0.15, 0.2) is 4.96 Å². The Morgan fingerprint density at radius 1 is 1.58 bits per heavy atom. The van der Waals surface area contributed by atoms with E-state index in [0.717, 1.165) is 5.69 Å². The summed E-state index contributed by atoms with van der Waals surface area (Å²) in [6.07, 6.45) is 0. The number of rotatable bonds is 4. The summed E-state index contributed by atoms with van der Waals surface area (Å²) < 4.78 is 0.666. The molecule has 0 unspecified atom stereocenters. The number of thiazole rings is 1. The molecule has 102 valence electrons. The van der Waals surface area contributed by atoms with Crippen molar-refractivity contribution in [2.24, 2.45) is 0 Å². The van der Waals surface area contributed by atoms with E-state index in [0.29, 0.717) is 16.4 Å². The van der Waals surface area contributed by atoms with Crippen molar-refractivity contribution in [3.05, 3.63) is 33.2 Å². The Balaban J connectivity index is 2.28. The molecule has 0 aromatic carbocycles. The summed E-state index contributed by atoms with van der Waals surface area (Å²) >= 11 is 2.67. The lowest BCUT2D eigenvalue weighted by Crippen LogP contribution is -2.27. The van der Waals surface area contributed by atoms with Gasteiger partial charge in [-0.25, -0.2) is 4.98 Å². The van der Waals surface area contributed by atoms with E-state index in [1.165, 1.54) is 29.2 Å². The van der Waals surface area contributed by atoms with Crippen LogP contribution in [0.5, 0.6) is 0 Å². The number of aliphatic carboxylic acids is 1. The SMILES string of the molecule is Cc1csc2nc(CSC(C)(C)C(=O)O)cc(=O)n12. The predicted octanol–water partition coefficient (Wildman–Crippen LogP) is 2.16. The van der Waals surface area contributed by atoms with E-state index in [-0.39, 0.29) is 5.56 Å². The van der Waals surface area contributed by atoms with Crippen LogP contribution in [0.1, 0.15) is 25.2 Å². The number of hydrogen-bond donors (Lipinski definition) is 1. The highest BCUT2D eigenvalue weighted by Gasteiger charge is 2.27. The lowest BCUT2D eigenvalue weighted by molar-refractivity contribution is -0.138. The third-order valence-corrected chi connectivity index (χ3v) is 5.00. The fourth-order valence-corrected chi connectivity index (χ4v) is 3.16. The Bertz CT molecular complexity index is 688. The van der Waals surface area contributed by atoms with Gasteiger partial charge in [-0.3, -0.25) is 14.0 Å². The lowest BCUT2D eigenvalue weighted by Gasteiger charge is -2.17. The minimum Gasteiger partial charge on any atom is -0.480 e. The van der Waals surface area contributed by atoms with Crippen LogP contribution in [0.15, 0.2) is 16.2 Å². The van der Waals surface area contributed by atoms with Crippen molar-refractivity contribution in [1.29, 1.82) is 0 Å². The molecule has 2 aromatic rings. The van der Waals surface area contributed by atoms with Gasteiger partial charge in [0.1, 0.15) is 4.75 Å². The molecule has 0 aliphatic heterocycles. The van der Waals surface area contributed by atoms with E-state index in [1.54, 1.807) is 18.2 Å². The molecule has 0 aliphatic rings. The molecule has 19 heavy (non-hydrogen) atoms. The maximum atomic E-state index is 11.9. The Kier molecular flexibility index (Phi) is 3.69. The van der Waals surface area contributed by atoms with E-state index in [2.05, 4.69) is 4.98 Å². The summed E-state index contributed by atoms with van der Waals surface area (Å²) in [5, 5.41) is 10.9. The molecular formula is C12H14N2O3S2. The number of carbonyl (C=O) groups is 1. The maximum absolute atomic E-state index is 11.9. The molecule has 7 heteroatoms. The summed E-state index contributed by atoms with van der Waals surface area (Å²) in [6.45, 7) is 5.13. The standard InChI is InChI=1S/C12H14N2O3S2/c1-7-5-18-11-13-8(4-9(15)14(7)11)6-19-12(2,3)10(16)17/h4-5H,6H2,1-3H3,(H,16,17). The number of aryl methyl sites for hydroxylation is 1. The van der Waals surface area contributed by atoms with E-state index in [9.17, 15) is 9.59 Å². The van der Waals surface area contributed by atoms with Crippen molar-refractivity contribution in [2.45, 2.75) is 31.3 Å². The molecule has 0 bridgehead atoms. The van der Waals surface area contributed by atoms with Gasteiger partial charge >= 0.3 is 5.97 Å². The molecular weight excluding hydrogens is 284 g/mol. The molecule has 0 aliphatic carbocycles. The first-order chi connectivity index (χ1) is 8.81. The van der Waals surface area contributed by atoms with Gasteiger partial charge in [-0.05, 0) is 20.8 Å². The van der Waals surface area contributed by atoms with Gasteiger partial charge in [0.05, 0.1) is 5.69 Å². The average molecular weight is 298 g/mol. The van der Waals surface area contributed by atoms with Gasteiger partial charge in [-0.2, -0.15) is 0 Å². The monoisotopic (exact) mass is 298 g/mol. The number of hydrogen-bond acceptors (Lipinski definition) is 5. The molecule has 5 nitrogen and oxygen atoms in total. The summed E-state index contributed by atoms with van der Waals surface area (Å²) in [5.74, 6) is -0.468. The van der Waals surface area contributed by atoms with Gasteiger partial charge in [0.2, 0.25) is 0 Å². The molecule has 0 amide bonds. The second-order valence-corrected chi connectivity index (χ2v) is 7.12. The predicted molar refractivity (Wildman–Crippen MR) is 77.1 cm³/mol. The second kappa shape index (κ2) is 4.97. The number of carboxylic acid groups (broad SMARTS) is 1. The highest BCUT2D eigenvalue weighted by atomic mass is 32.2. The van der Waals surface area contributed by atoms with E-state index < -0.39 is 10.7 Å². The van der Waals surface area contributed by atoms with Crippen molar-refractivity contribution in [1.82, 2.24) is 9.38 Å². The Labute approximate surface area is 118 Å². The zero-order valence-electron chi connectivity index (χ0n) is 10.8. The second-order valence-electron chi connectivity index (χ2n) is 4.68. The minimum absolute atomic E-state index is 0.118. The molecule has 2 heterocycles. The van der Waals surface area contributed by atoms with Crippen LogP contribution in [0.2, 0.25) is 0 Å². The topological polar surface area (TPSA) is 71.7 Å². The van der Waals surface area contributed by atoms with Crippen LogP contribution in [0, 0.1) is 6.92 Å². The van der Waals surface area contributed by atoms with Gasteiger partial charge in [0, 0.05) is 22.9 Å². The molecule has 0 spiro atoms. The zero-order chi connectivity index (χ0) is 14.2. The molecule has 2 rings (SSSR count). The maximum Gasteiger partial charge on any atom is 0.319 e. The number of nitrogens with zero attached hydrogens (tertiary/aromatic N) is 2. The smallest absolute Gasteiger partial charge is 0.319 e. The van der Waals surface area contributed by atoms with E-state index >= 15 is 0 Å². The quantitative estimate of drug-likeness (QED) is 0.936. The summed E-state index contributed by atoms with van der Waals surface area (Å²) in [7, 11) is 0. The molecule has 0 saturated heterocycles. The van der Waals surface area contributed by atoms with Crippen LogP contribution in [-0.2, 0) is 10.5 Å². The van der Waals surface area contributed by atoms with Crippen LogP contribution in [-0.4, -0.2) is 25.2 Å². The summed E-state index contributed by atoms with van der Waals surface area (Å²) in [4.78, 5) is 28.0. The fourth-order valence-electron chi connectivity index (χ4n) is 1.49.